The van der Waals surface area contributed by atoms with Crippen LogP contribution in [0.1, 0.15) is 0 Å². The van der Waals surface area contributed by atoms with Gasteiger partial charge in [0, 0.05) is 0 Å². The number of aliphatic hydroxyl groups excluding tert-OH is 6. The number of aliphatic hydroxyl groups is 6. The molecule has 0 radical (unpaired) electrons. The highest BCUT2D eigenvalue weighted by molar-refractivity contribution is 4.67. The van der Waals surface area contributed by atoms with E-state index in [1.54, 1.807) is 0 Å². The molecule has 8 heteroatoms. The fourth-order valence-corrected chi connectivity index (χ4v) is 0.974. The second-order valence-electron chi connectivity index (χ2n) is 3.39. The third-order valence-corrected chi connectivity index (χ3v) is 1.96. The Morgan fingerprint density at radius 2 is 1.47 bits per heavy atom. The summed E-state index contributed by atoms with van der Waals surface area (Å²) in [6, 6.07) is 0. The Kier molecular flexibility index (Phi) is 9.50. The lowest BCUT2D eigenvalue weighted by atomic mass is 10.2. The molecule has 0 saturated carbocycles. The number of hydrogen-bond acceptors (Lipinski definition) is 8. The predicted octanol–water partition coefficient (Wildman–Crippen LogP) is -3.59. The van der Waals surface area contributed by atoms with Gasteiger partial charge in [0.1, 0.15) is 18.3 Å². The van der Waals surface area contributed by atoms with Crippen LogP contribution in [-0.4, -0.2) is 88.3 Å². The molecule has 4 atom stereocenters. The average molecular weight is 256 g/mol. The van der Waals surface area contributed by atoms with Crippen LogP contribution in [0.4, 0.5) is 0 Å². The van der Waals surface area contributed by atoms with Crippen molar-refractivity contribution >= 4 is 0 Å². The van der Waals surface area contributed by atoms with Crippen molar-refractivity contribution in [1.29, 1.82) is 0 Å². The minimum atomic E-state index is -1.31. The van der Waals surface area contributed by atoms with Crippen LogP contribution in [-0.2, 0) is 9.47 Å². The molecular formula is C9H20O8. The summed E-state index contributed by atoms with van der Waals surface area (Å²) in [4.78, 5) is 0. The first-order valence-corrected chi connectivity index (χ1v) is 5.15. The lowest BCUT2D eigenvalue weighted by molar-refractivity contribution is -0.224. The van der Waals surface area contributed by atoms with Gasteiger partial charge < -0.3 is 40.1 Å². The molecule has 0 amide bonds. The van der Waals surface area contributed by atoms with Gasteiger partial charge in [-0.15, -0.1) is 0 Å². The zero-order valence-corrected chi connectivity index (χ0v) is 9.34. The summed E-state index contributed by atoms with van der Waals surface area (Å²) in [5, 5.41) is 53.2. The Balaban J connectivity index is 4.08. The summed E-state index contributed by atoms with van der Waals surface area (Å²) in [5.74, 6) is 0. The van der Waals surface area contributed by atoms with Crippen LogP contribution in [0.15, 0.2) is 0 Å². The monoisotopic (exact) mass is 256 g/mol. The Bertz CT molecular complexity index is 178. The van der Waals surface area contributed by atoms with Crippen LogP contribution < -0.4 is 0 Å². The average Bonchev–Trinajstić information content (AvgIpc) is 2.37. The fourth-order valence-electron chi connectivity index (χ4n) is 0.974. The van der Waals surface area contributed by atoms with E-state index in [-0.39, 0.29) is 6.61 Å². The molecular weight excluding hydrogens is 236 g/mol. The Hall–Kier alpha value is -0.320. The largest absolute Gasteiger partial charge is 0.394 e. The third-order valence-electron chi connectivity index (χ3n) is 1.96. The molecule has 2 unspecified atom stereocenters. The van der Waals surface area contributed by atoms with E-state index in [0.717, 1.165) is 0 Å². The van der Waals surface area contributed by atoms with Gasteiger partial charge in [-0.2, -0.15) is 0 Å². The summed E-state index contributed by atoms with van der Waals surface area (Å²) in [6.07, 6.45) is -4.69. The van der Waals surface area contributed by atoms with Gasteiger partial charge in [0.05, 0.1) is 33.0 Å². The molecule has 0 aromatic carbocycles. The van der Waals surface area contributed by atoms with Gasteiger partial charge in [0.15, 0.2) is 6.29 Å². The van der Waals surface area contributed by atoms with Crippen LogP contribution in [0, 0.1) is 0 Å². The third kappa shape index (κ3) is 6.86. The maximum Gasteiger partial charge on any atom is 0.181 e. The molecule has 0 aliphatic carbocycles. The van der Waals surface area contributed by atoms with E-state index in [9.17, 15) is 5.11 Å². The fraction of sp³-hybridized carbons (Fsp3) is 1.00. The standard InChI is InChI=1S/C9H20O8/c10-1-6(14)5-16-9(4-13)17-8(3-12)7(15)2-11/h6-15H,1-5H2/t6?,7-,8?,9+/m0/s1. The molecule has 0 heterocycles. The van der Waals surface area contributed by atoms with Gasteiger partial charge in [-0.05, 0) is 0 Å². The minimum Gasteiger partial charge on any atom is -0.394 e. The molecule has 0 aliphatic heterocycles. The zero-order chi connectivity index (χ0) is 13.3. The highest BCUT2D eigenvalue weighted by atomic mass is 16.7. The molecule has 0 bridgehead atoms. The normalized spacial score (nSPS) is 18.7. The van der Waals surface area contributed by atoms with Crippen LogP contribution in [0.2, 0.25) is 0 Å². The molecule has 104 valence electrons. The zero-order valence-electron chi connectivity index (χ0n) is 9.34. The molecule has 0 rings (SSSR count). The van der Waals surface area contributed by atoms with E-state index in [2.05, 4.69) is 0 Å². The number of ether oxygens (including phenoxy) is 2. The first kappa shape index (κ1) is 16.7. The van der Waals surface area contributed by atoms with E-state index in [1.807, 2.05) is 0 Å². The highest BCUT2D eigenvalue weighted by Gasteiger charge is 2.23. The Labute approximate surface area is 98.7 Å². The van der Waals surface area contributed by atoms with E-state index < -0.39 is 51.0 Å². The van der Waals surface area contributed by atoms with Crippen LogP contribution in [0.25, 0.3) is 0 Å². The SMILES string of the molecule is OCC(O)CO[C@@H](CO)OC(CO)[C@@H](O)CO. The van der Waals surface area contributed by atoms with Crippen LogP contribution in [0.3, 0.4) is 0 Å². The molecule has 17 heavy (non-hydrogen) atoms. The smallest absolute Gasteiger partial charge is 0.181 e. The van der Waals surface area contributed by atoms with Crippen LogP contribution >= 0.6 is 0 Å². The van der Waals surface area contributed by atoms with Crippen molar-refractivity contribution in [2.24, 2.45) is 0 Å². The quantitative estimate of drug-likeness (QED) is 0.220. The summed E-state index contributed by atoms with van der Waals surface area (Å²) >= 11 is 0. The highest BCUT2D eigenvalue weighted by Crippen LogP contribution is 2.05. The van der Waals surface area contributed by atoms with Gasteiger partial charge >= 0.3 is 0 Å². The minimum absolute atomic E-state index is 0.269. The van der Waals surface area contributed by atoms with Crippen molar-refractivity contribution in [2.45, 2.75) is 24.6 Å². The summed E-state index contributed by atoms with van der Waals surface area (Å²) in [7, 11) is 0. The van der Waals surface area contributed by atoms with E-state index >= 15 is 0 Å². The lowest BCUT2D eigenvalue weighted by Gasteiger charge is -2.25. The molecule has 0 aromatic heterocycles. The summed E-state index contributed by atoms with van der Waals surface area (Å²) < 4.78 is 9.86. The van der Waals surface area contributed by atoms with Crippen molar-refractivity contribution in [3.63, 3.8) is 0 Å². The van der Waals surface area contributed by atoms with Gasteiger partial charge in [-0.3, -0.25) is 0 Å². The first-order chi connectivity index (χ1) is 8.08. The van der Waals surface area contributed by atoms with Gasteiger partial charge in [-0.1, -0.05) is 0 Å². The molecule has 8 nitrogen and oxygen atoms in total. The van der Waals surface area contributed by atoms with Crippen molar-refractivity contribution in [2.75, 3.05) is 33.0 Å². The maximum atomic E-state index is 9.22. The van der Waals surface area contributed by atoms with Crippen molar-refractivity contribution in [1.82, 2.24) is 0 Å². The maximum absolute atomic E-state index is 9.22. The predicted molar refractivity (Wildman–Crippen MR) is 55.0 cm³/mol. The molecule has 0 fully saturated rings. The molecule has 0 saturated heterocycles. The second kappa shape index (κ2) is 9.68. The van der Waals surface area contributed by atoms with E-state index in [1.165, 1.54) is 0 Å². The first-order valence-electron chi connectivity index (χ1n) is 5.15. The summed E-state index contributed by atoms with van der Waals surface area (Å²) in [6.45, 7) is -2.50. The van der Waals surface area contributed by atoms with Gasteiger partial charge in [0.2, 0.25) is 0 Å². The lowest BCUT2D eigenvalue weighted by Crippen LogP contribution is -2.40. The van der Waals surface area contributed by atoms with Crippen LogP contribution in [0.5, 0.6) is 0 Å². The second-order valence-corrected chi connectivity index (χ2v) is 3.39. The molecule has 0 aromatic rings. The van der Waals surface area contributed by atoms with Crippen molar-refractivity contribution in [3.8, 4) is 0 Å². The molecule has 0 spiro atoms. The molecule has 6 N–H and O–H groups in total. The van der Waals surface area contributed by atoms with Gasteiger partial charge in [0.25, 0.3) is 0 Å². The van der Waals surface area contributed by atoms with E-state index in [4.69, 9.17) is 35.0 Å². The Morgan fingerprint density at radius 3 is 1.88 bits per heavy atom. The number of rotatable bonds is 10. The topological polar surface area (TPSA) is 140 Å². The van der Waals surface area contributed by atoms with Crippen molar-refractivity contribution < 1.29 is 40.1 Å². The van der Waals surface area contributed by atoms with E-state index in [0.29, 0.717) is 0 Å². The van der Waals surface area contributed by atoms with Crippen molar-refractivity contribution in [3.05, 3.63) is 0 Å². The summed E-state index contributed by atoms with van der Waals surface area (Å²) in [5.41, 5.74) is 0. The Morgan fingerprint density at radius 1 is 0.824 bits per heavy atom. The molecule has 0 aliphatic rings. The van der Waals surface area contributed by atoms with Gasteiger partial charge in [-0.25, -0.2) is 0 Å². The number of hydrogen-bond donors (Lipinski definition) is 6.